The molecule has 88 valence electrons. The maximum absolute atomic E-state index is 11.8. The molecule has 0 spiro atoms. The molecule has 0 aliphatic rings. The Morgan fingerprint density at radius 2 is 2.29 bits per heavy atom. The molecule has 0 unspecified atom stereocenters. The highest BCUT2D eigenvalue weighted by atomic mass is 35.5. The summed E-state index contributed by atoms with van der Waals surface area (Å²) < 4.78 is 3.54. The van der Waals surface area contributed by atoms with E-state index in [1.54, 1.807) is 13.1 Å². The minimum atomic E-state index is -0.343. The first-order valence-electron chi connectivity index (χ1n) is 4.51. The van der Waals surface area contributed by atoms with E-state index in [2.05, 4.69) is 30.4 Å². The van der Waals surface area contributed by atoms with Crippen LogP contribution in [0.25, 0.3) is 0 Å². The molecular weight excluding hydrogens is 264 g/mol. The molecule has 0 bridgehead atoms. The van der Waals surface area contributed by atoms with Crippen LogP contribution in [-0.2, 0) is 0 Å². The van der Waals surface area contributed by atoms with Gasteiger partial charge < -0.3 is 5.32 Å². The summed E-state index contributed by atoms with van der Waals surface area (Å²) in [6, 6.07) is 3.04. The molecule has 7 nitrogen and oxygen atoms in total. The van der Waals surface area contributed by atoms with Gasteiger partial charge >= 0.3 is 0 Å². The van der Waals surface area contributed by atoms with E-state index in [0.717, 1.165) is 11.5 Å². The standard InChI is InChI=1S/C8H7ClN6OS/c1-10-6-3-4(2-5(9)11-6)7(16)12-8-13-14-15-17-8/h2-3H,1H3,(H,10,11)(H,12,13,15,16). The summed E-state index contributed by atoms with van der Waals surface area (Å²) in [5.41, 5.74) is 0.379. The smallest absolute Gasteiger partial charge is 0.257 e. The fourth-order valence-corrected chi connectivity index (χ4v) is 1.68. The summed E-state index contributed by atoms with van der Waals surface area (Å²) in [7, 11) is 1.69. The van der Waals surface area contributed by atoms with Crippen molar-refractivity contribution in [2.45, 2.75) is 0 Å². The van der Waals surface area contributed by atoms with Crippen molar-refractivity contribution in [3.63, 3.8) is 0 Å². The van der Waals surface area contributed by atoms with Crippen LogP contribution in [0.4, 0.5) is 10.9 Å². The highest BCUT2D eigenvalue weighted by molar-refractivity contribution is 7.09. The first-order valence-corrected chi connectivity index (χ1v) is 5.66. The summed E-state index contributed by atoms with van der Waals surface area (Å²) >= 11 is 6.78. The molecule has 0 aliphatic carbocycles. The summed E-state index contributed by atoms with van der Waals surface area (Å²) in [4.78, 5) is 15.8. The second-order valence-corrected chi connectivity index (χ2v) is 4.06. The Balaban J connectivity index is 2.21. The van der Waals surface area contributed by atoms with Gasteiger partial charge in [0, 0.05) is 24.1 Å². The third-order valence-corrected chi connectivity index (χ3v) is 2.54. The average Bonchev–Trinajstić information content (AvgIpc) is 2.81. The number of carbonyl (C=O) groups is 1. The highest BCUT2D eigenvalue weighted by Crippen LogP contribution is 2.16. The molecule has 0 radical (unpaired) electrons. The molecule has 2 aromatic heterocycles. The van der Waals surface area contributed by atoms with Gasteiger partial charge in [-0.3, -0.25) is 10.1 Å². The van der Waals surface area contributed by atoms with Crippen LogP contribution in [0.2, 0.25) is 5.15 Å². The van der Waals surface area contributed by atoms with Crippen LogP contribution < -0.4 is 10.6 Å². The highest BCUT2D eigenvalue weighted by Gasteiger charge is 2.11. The molecule has 2 N–H and O–H groups in total. The lowest BCUT2D eigenvalue weighted by molar-refractivity contribution is 0.102. The summed E-state index contributed by atoms with van der Waals surface area (Å²) in [5, 5.41) is 12.9. The van der Waals surface area contributed by atoms with Crippen molar-refractivity contribution in [3.05, 3.63) is 22.8 Å². The Kier molecular flexibility index (Phi) is 3.45. The topological polar surface area (TPSA) is 92.7 Å². The number of halogens is 1. The van der Waals surface area contributed by atoms with Gasteiger partial charge in [-0.25, -0.2) is 4.98 Å². The molecule has 1 amide bonds. The molecule has 0 fully saturated rings. The Hall–Kier alpha value is -1.80. The van der Waals surface area contributed by atoms with Gasteiger partial charge in [0.25, 0.3) is 5.91 Å². The van der Waals surface area contributed by atoms with Gasteiger partial charge in [-0.2, -0.15) is 0 Å². The Bertz CT molecular complexity index is 531. The van der Waals surface area contributed by atoms with Crippen LogP contribution in [0.5, 0.6) is 0 Å². The second kappa shape index (κ2) is 5.02. The number of nitrogens with one attached hydrogen (secondary N) is 2. The van der Waals surface area contributed by atoms with Crippen molar-refractivity contribution in [1.29, 1.82) is 0 Å². The van der Waals surface area contributed by atoms with E-state index in [0.29, 0.717) is 16.5 Å². The summed E-state index contributed by atoms with van der Waals surface area (Å²) in [6.07, 6.45) is 0. The van der Waals surface area contributed by atoms with E-state index in [1.165, 1.54) is 6.07 Å². The molecule has 0 saturated carbocycles. The first-order chi connectivity index (χ1) is 8.19. The number of pyridine rings is 1. The van der Waals surface area contributed by atoms with E-state index >= 15 is 0 Å². The van der Waals surface area contributed by atoms with E-state index in [4.69, 9.17) is 11.6 Å². The monoisotopic (exact) mass is 270 g/mol. The maximum atomic E-state index is 11.8. The van der Waals surface area contributed by atoms with Gasteiger partial charge in [0.2, 0.25) is 5.13 Å². The van der Waals surface area contributed by atoms with Crippen molar-refractivity contribution >= 4 is 40.0 Å². The van der Waals surface area contributed by atoms with Gasteiger partial charge in [-0.05, 0) is 17.3 Å². The molecule has 2 aromatic rings. The molecule has 9 heteroatoms. The van der Waals surface area contributed by atoms with Crippen molar-refractivity contribution in [2.75, 3.05) is 17.7 Å². The van der Waals surface area contributed by atoms with E-state index in [-0.39, 0.29) is 11.1 Å². The Labute approximate surface area is 105 Å². The van der Waals surface area contributed by atoms with Crippen molar-refractivity contribution < 1.29 is 4.79 Å². The van der Waals surface area contributed by atoms with E-state index in [9.17, 15) is 4.79 Å². The molecule has 2 heterocycles. The van der Waals surface area contributed by atoms with Crippen molar-refractivity contribution in [3.8, 4) is 0 Å². The van der Waals surface area contributed by atoms with Gasteiger partial charge in [0.05, 0.1) is 0 Å². The fraction of sp³-hybridized carbons (Fsp3) is 0.125. The quantitative estimate of drug-likeness (QED) is 0.816. The summed E-state index contributed by atoms with van der Waals surface area (Å²) in [6.45, 7) is 0. The van der Waals surface area contributed by atoms with Gasteiger partial charge in [0.15, 0.2) is 0 Å². The largest absolute Gasteiger partial charge is 0.373 e. The van der Waals surface area contributed by atoms with Gasteiger partial charge in [-0.1, -0.05) is 21.2 Å². The maximum Gasteiger partial charge on any atom is 0.257 e. The molecule has 0 aromatic carbocycles. The number of carbonyl (C=O) groups excluding carboxylic acids is 1. The van der Waals surface area contributed by atoms with Crippen molar-refractivity contribution in [2.24, 2.45) is 0 Å². The zero-order valence-electron chi connectivity index (χ0n) is 8.64. The number of aromatic nitrogens is 4. The normalized spacial score (nSPS) is 10.0. The van der Waals surface area contributed by atoms with E-state index < -0.39 is 0 Å². The van der Waals surface area contributed by atoms with Gasteiger partial charge in [-0.15, -0.1) is 0 Å². The van der Waals surface area contributed by atoms with Crippen LogP contribution >= 0.6 is 23.1 Å². The van der Waals surface area contributed by atoms with Crippen LogP contribution in [0, 0.1) is 0 Å². The Morgan fingerprint density at radius 3 is 2.94 bits per heavy atom. The predicted octanol–water partition coefficient (Wildman–Crippen LogP) is 1.28. The number of anilines is 2. The third kappa shape index (κ3) is 2.86. The molecule has 2 rings (SSSR count). The number of rotatable bonds is 3. The minimum absolute atomic E-state index is 0.234. The Morgan fingerprint density at radius 1 is 1.47 bits per heavy atom. The number of nitrogens with zero attached hydrogens (tertiary/aromatic N) is 4. The zero-order chi connectivity index (χ0) is 12.3. The SMILES string of the molecule is CNc1cc(C(=O)Nc2nnns2)cc(Cl)n1. The van der Waals surface area contributed by atoms with E-state index in [1.807, 2.05) is 0 Å². The van der Waals surface area contributed by atoms with Crippen LogP contribution in [0.15, 0.2) is 12.1 Å². The number of hydrogen-bond donors (Lipinski definition) is 2. The molecular formula is C8H7ClN6OS. The third-order valence-electron chi connectivity index (χ3n) is 1.83. The van der Waals surface area contributed by atoms with Crippen LogP contribution in [0.1, 0.15) is 10.4 Å². The second-order valence-electron chi connectivity index (χ2n) is 2.94. The molecule has 0 aliphatic heterocycles. The van der Waals surface area contributed by atoms with Crippen LogP contribution in [-0.4, -0.2) is 32.7 Å². The lowest BCUT2D eigenvalue weighted by atomic mass is 10.2. The lowest BCUT2D eigenvalue weighted by Gasteiger charge is -2.04. The molecule has 0 atom stereocenters. The van der Waals surface area contributed by atoms with Crippen LogP contribution in [0.3, 0.4) is 0 Å². The van der Waals surface area contributed by atoms with Gasteiger partial charge in [0.1, 0.15) is 11.0 Å². The molecule has 17 heavy (non-hydrogen) atoms. The molecule has 0 saturated heterocycles. The number of amides is 1. The zero-order valence-corrected chi connectivity index (χ0v) is 10.2. The number of hydrogen-bond acceptors (Lipinski definition) is 7. The van der Waals surface area contributed by atoms with Crippen molar-refractivity contribution in [1.82, 2.24) is 19.8 Å². The lowest BCUT2D eigenvalue weighted by Crippen LogP contribution is -2.12. The predicted molar refractivity (Wildman–Crippen MR) is 64.5 cm³/mol. The average molecular weight is 271 g/mol. The summed E-state index contributed by atoms with van der Waals surface area (Å²) in [5.74, 6) is 0.169. The first kappa shape index (κ1) is 11.7. The fourth-order valence-electron chi connectivity index (χ4n) is 1.11. The minimum Gasteiger partial charge on any atom is -0.373 e.